The summed E-state index contributed by atoms with van der Waals surface area (Å²) in [7, 11) is 0. The van der Waals surface area contributed by atoms with E-state index in [9.17, 15) is 14.4 Å². The lowest BCUT2D eigenvalue weighted by Crippen LogP contribution is -2.39. The minimum absolute atomic E-state index is 0.172. The Morgan fingerprint density at radius 3 is 1.75 bits per heavy atom. The fourth-order valence-electron chi connectivity index (χ4n) is 1.59. The van der Waals surface area contributed by atoms with Gasteiger partial charge in [-0.2, -0.15) is 0 Å². The van der Waals surface area contributed by atoms with Crippen LogP contribution in [-0.2, 0) is 14.4 Å². The van der Waals surface area contributed by atoms with Gasteiger partial charge in [-0.1, -0.05) is 6.92 Å². The van der Waals surface area contributed by atoms with E-state index in [1.807, 2.05) is 6.92 Å². The second-order valence-electron chi connectivity index (χ2n) is 4.48. The second-order valence-corrected chi connectivity index (χ2v) is 4.48. The summed E-state index contributed by atoms with van der Waals surface area (Å²) in [5.41, 5.74) is 0. The highest BCUT2D eigenvalue weighted by molar-refractivity contribution is 5.83. The molecule has 0 aromatic rings. The maximum absolute atomic E-state index is 10.5. The molecule has 0 saturated carbocycles. The van der Waals surface area contributed by atoms with Crippen LogP contribution in [0.3, 0.4) is 0 Å². The number of hydrogen-bond acceptors (Lipinski definition) is 6. The molecule has 1 aliphatic heterocycles. The smallest absolute Gasteiger partial charge is 0.335 e. The second kappa shape index (κ2) is 8.46. The van der Waals surface area contributed by atoms with Crippen LogP contribution in [0.4, 0.5) is 0 Å². The van der Waals surface area contributed by atoms with Crippen LogP contribution in [0.25, 0.3) is 0 Å². The summed E-state index contributed by atoms with van der Waals surface area (Å²) in [6.45, 7) is 3.60. The van der Waals surface area contributed by atoms with E-state index in [0.29, 0.717) is 12.5 Å². The van der Waals surface area contributed by atoms with Crippen LogP contribution in [-0.4, -0.2) is 68.7 Å². The lowest BCUT2D eigenvalue weighted by molar-refractivity contribution is -0.165. The van der Waals surface area contributed by atoms with Crippen LogP contribution in [0.5, 0.6) is 0 Å². The molecule has 9 nitrogen and oxygen atoms in total. The van der Waals surface area contributed by atoms with Gasteiger partial charge in [-0.05, 0) is 18.9 Å². The summed E-state index contributed by atoms with van der Waals surface area (Å²) >= 11 is 0. The van der Waals surface area contributed by atoms with Crippen LogP contribution >= 0.6 is 0 Å². The van der Waals surface area contributed by atoms with Crippen molar-refractivity contribution < 1.29 is 39.9 Å². The summed E-state index contributed by atoms with van der Waals surface area (Å²) in [5.74, 6) is -4.04. The van der Waals surface area contributed by atoms with E-state index in [1.165, 1.54) is 0 Å². The van der Waals surface area contributed by atoms with Crippen molar-refractivity contribution in [2.45, 2.75) is 25.6 Å². The van der Waals surface area contributed by atoms with Crippen molar-refractivity contribution in [3.8, 4) is 0 Å². The van der Waals surface area contributed by atoms with Crippen LogP contribution in [0.1, 0.15) is 13.3 Å². The van der Waals surface area contributed by atoms with Crippen molar-refractivity contribution in [2.75, 3.05) is 13.1 Å². The molecular formula is C11H19NO8. The number of aliphatic hydroxyl groups is 2. The molecule has 4 atom stereocenters. The van der Waals surface area contributed by atoms with Crippen molar-refractivity contribution in [3.05, 3.63) is 0 Å². The Bertz CT molecular complexity index is 340. The Morgan fingerprint density at radius 2 is 1.50 bits per heavy atom. The molecule has 20 heavy (non-hydrogen) atoms. The maximum Gasteiger partial charge on any atom is 0.335 e. The summed E-state index contributed by atoms with van der Waals surface area (Å²) in [6, 6.07) is 0. The van der Waals surface area contributed by atoms with Gasteiger partial charge in [-0.15, -0.1) is 0 Å². The SMILES string of the molecule is CC1CCNCC1C(=O)O.O=C(O)[C@@H](O)[C@H](O)C(=O)O. The highest BCUT2D eigenvalue weighted by atomic mass is 16.4. The third-order valence-corrected chi connectivity index (χ3v) is 2.95. The zero-order chi connectivity index (χ0) is 15.9. The molecule has 0 aliphatic carbocycles. The van der Waals surface area contributed by atoms with Gasteiger partial charge in [0.15, 0.2) is 12.2 Å². The first-order valence-electron chi connectivity index (χ1n) is 5.93. The van der Waals surface area contributed by atoms with E-state index < -0.39 is 30.1 Å². The zero-order valence-corrected chi connectivity index (χ0v) is 10.9. The topological polar surface area (TPSA) is 164 Å². The summed E-state index contributed by atoms with van der Waals surface area (Å²) in [6.07, 6.45) is -3.55. The number of hydrogen-bond donors (Lipinski definition) is 6. The summed E-state index contributed by atoms with van der Waals surface area (Å²) in [5, 5.41) is 44.3. The molecule has 0 bridgehead atoms. The number of piperidine rings is 1. The minimum atomic E-state index is -2.27. The fourth-order valence-corrected chi connectivity index (χ4v) is 1.59. The number of nitrogens with one attached hydrogen (secondary N) is 1. The van der Waals surface area contributed by atoms with Crippen LogP contribution in [0, 0.1) is 11.8 Å². The van der Waals surface area contributed by atoms with E-state index in [-0.39, 0.29) is 5.92 Å². The predicted molar refractivity (Wildman–Crippen MR) is 65.1 cm³/mol. The van der Waals surface area contributed by atoms with Gasteiger partial charge in [0.1, 0.15) is 0 Å². The van der Waals surface area contributed by atoms with Crippen molar-refractivity contribution in [3.63, 3.8) is 0 Å². The van der Waals surface area contributed by atoms with Gasteiger partial charge in [0.2, 0.25) is 0 Å². The first kappa shape index (κ1) is 18.3. The third-order valence-electron chi connectivity index (χ3n) is 2.95. The largest absolute Gasteiger partial charge is 0.481 e. The third kappa shape index (κ3) is 5.95. The molecule has 1 saturated heterocycles. The van der Waals surface area contributed by atoms with Gasteiger partial charge < -0.3 is 30.8 Å². The molecule has 2 unspecified atom stereocenters. The number of carbonyl (C=O) groups is 3. The molecule has 1 fully saturated rings. The molecular weight excluding hydrogens is 274 g/mol. The first-order valence-corrected chi connectivity index (χ1v) is 5.93. The molecule has 6 N–H and O–H groups in total. The first-order chi connectivity index (χ1) is 9.18. The number of aliphatic carboxylic acids is 3. The Hall–Kier alpha value is -1.71. The summed E-state index contributed by atoms with van der Waals surface area (Å²) in [4.78, 5) is 30.1. The molecule has 1 heterocycles. The molecule has 1 rings (SSSR count). The molecule has 9 heteroatoms. The van der Waals surface area contributed by atoms with Crippen molar-refractivity contribution in [1.29, 1.82) is 0 Å². The average Bonchev–Trinajstić information content (AvgIpc) is 2.37. The lowest BCUT2D eigenvalue weighted by Gasteiger charge is -2.25. The zero-order valence-electron chi connectivity index (χ0n) is 10.9. The Morgan fingerprint density at radius 1 is 1.05 bits per heavy atom. The van der Waals surface area contributed by atoms with E-state index in [2.05, 4.69) is 5.32 Å². The molecule has 0 aromatic heterocycles. The molecule has 0 aromatic carbocycles. The number of aliphatic hydroxyl groups excluding tert-OH is 2. The predicted octanol–water partition coefficient (Wildman–Crippen LogP) is -1.81. The van der Waals surface area contributed by atoms with E-state index in [4.69, 9.17) is 25.5 Å². The normalized spacial score (nSPS) is 24.8. The summed E-state index contributed by atoms with van der Waals surface area (Å²) < 4.78 is 0. The van der Waals surface area contributed by atoms with Crippen LogP contribution < -0.4 is 5.32 Å². The van der Waals surface area contributed by atoms with Gasteiger partial charge in [0.25, 0.3) is 0 Å². The Kier molecular flexibility index (Phi) is 7.74. The highest BCUT2D eigenvalue weighted by Gasteiger charge is 2.29. The molecule has 0 amide bonds. The fraction of sp³-hybridized carbons (Fsp3) is 0.727. The number of rotatable bonds is 4. The molecule has 116 valence electrons. The van der Waals surface area contributed by atoms with E-state index in [0.717, 1.165) is 13.0 Å². The number of carboxylic acids is 3. The molecule has 1 aliphatic rings. The van der Waals surface area contributed by atoms with Crippen molar-refractivity contribution in [1.82, 2.24) is 5.32 Å². The maximum atomic E-state index is 10.5. The van der Waals surface area contributed by atoms with Crippen LogP contribution in [0.15, 0.2) is 0 Å². The monoisotopic (exact) mass is 293 g/mol. The van der Waals surface area contributed by atoms with Gasteiger partial charge in [0.05, 0.1) is 5.92 Å². The number of carboxylic acid groups (broad SMARTS) is 3. The average molecular weight is 293 g/mol. The van der Waals surface area contributed by atoms with Crippen molar-refractivity contribution in [2.24, 2.45) is 11.8 Å². The van der Waals surface area contributed by atoms with Crippen LogP contribution in [0.2, 0.25) is 0 Å². The van der Waals surface area contributed by atoms with Gasteiger partial charge in [-0.3, -0.25) is 4.79 Å². The van der Waals surface area contributed by atoms with Gasteiger partial charge >= 0.3 is 17.9 Å². The Labute approximate surface area is 114 Å². The molecule has 0 radical (unpaired) electrons. The van der Waals surface area contributed by atoms with Gasteiger partial charge in [0, 0.05) is 6.54 Å². The quantitative estimate of drug-likeness (QED) is 0.350. The van der Waals surface area contributed by atoms with E-state index >= 15 is 0 Å². The Balaban J connectivity index is 0.000000361. The highest BCUT2D eigenvalue weighted by Crippen LogP contribution is 2.17. The van der Waals surface area contributed by atoms with Crippen molar-refractivity contribution >= 4 is 17.9 Å². The standard InChI is InChI=1S/C7H13NO2.C4H6O6/c1-5-2-3-8-4-6(5)7(9)10;5-1(3(7)8)2(6)4(9)10/h5-6,8H,2-4H2,1H3,(H,9,10);1-2,5-6H,(H,7,8)(H,9,10)/t;1-,2-/m.0/s1. The molecule has 0 spiro atoms. The van der Waals surface area contributed by atoms with Gasteiger partial charge in [-0.25, -0.2) is 9.59 Å². The minimum Gasteiger partial charge on any atom is -0.481 e. The van der Waals surface area contributed by atoms with E-state index in [1.54, 1.807) is 0 Å². The lowest BCUT2D eigenvalue weighted by atomic mass is 9.88.